The zero-order valence-corrected chi connectivity index (χ0v) is 19.3. The van der Waals surface area contributed by atoms with Gasteiger partial charge in [0.25, 0.3) is 0 Å². The number of benzene rings is 1. The average Bonchev–Trinajstić information content (AvgIpc) is 2.56. The minimum absolute atomic E-state index is 0. The summed E-state index contributed by atoms with van der Waals surface area (Å²) in [4.78, 5) is 16.0. The van der Waals surface area contributed by atoms with Crippen LogP contribution in [0.15, 0.2) is 29.3 Å². The zero-order chi connectivity index (χ0) is 19.7. The largest absolute Gasteiger partial charge is 0.369 e. The highest BCUT2D eigenvalue weighted by Gasteiger charge is 2.18. The number of aliphatic imine (C=N–C) groups is 1. The smallest absolute Gasteiger partial charge is 0.222 e. The van der Waals surface area contributed by atoms with Crippen LogP contribution in [-0.4, -0.2) is 31.5 Å². The van der Waals surface area contributed by atoms with Crippen molar-refractivity contribution >= 4 is 35.8 Å². The van der Waals surface area contributed by atoms with Crippen LogP contribution in [0.25, 0.3) is 0 Å². The van der Waals surface area contributed by atoms with Crippen LogP contribution in [0.1, 0.15) is 46.1 Å². The molecule has 0 heterocycles. The van der Waals surface area contributed by atoms with Gasteiger partial charge in [-0.1, -0.05) is 32.9 Å². The van der Waals surface area contributed by atoms with Crippen LogP contribution < -0.4 is 16.4 Å². The van der Waals surface area contributed by atoms with E-state index < -0.39 is 11.8 Å². The van der Waals surface area contributed by atoms with Gasteiger partial charge < -0.3 is 16.4 Å². The summed E-state index contributed by atoms with van der Waals surface area (Å²) >= 11 is 0. The Morgan fingerprint density at radius 2 is 1.85 bits per heavy atom. The van der Waals surface area contributed by atoms with E-state index in [1.54, 1.807) is 19.2 Å². The summed E-state index contributed by atoms with van der Waals surface area (Å²) in [6.07, 6.45) is 2.59. The molecule has 154 valence electrons. The van der Waals surface area contributed by atoms with Gasteiger partial charge in [0.1, 0.15) is 5.82 Å². The molecule has 0 saturated carbocycles. The zero-order valence-electron chi connectivity index (χ0n) is 17.0. The Balaban J connectivity index is 0.00000676. The van der Waals surface area contributed by atoms with Crippen molar-refractivity contribution in [1.29, 1.82) is 0 Å². The van der Waals surface area contributed by atoms with Crippen LogP contribution in [0.2, 0.25) is 0 Å². The molecule has 0 radical (unpaired) electrons. The van der Waals surface area contributed by atoms with E-state index in [1.165, 1.54) is 12.1 Å². The summed E-state index contributed by atoms with van der Waals surface area (Å²) < 4.78 is 13.0. The third-order valence-corrected chi connectivity index (χ3v) is 4.25. The molecule has 1 rings (SSSR count). The Kier molecular flexibility index (Phi) is 11.5. The SMILES string of the molecule is CN=C(NCC(Cc1ccc(F)cc1)C(N)=O)NC(C)CCC(C)(C)C.I. The summed E-state index contributed by atoms with van der Waals surface area (Å²) in [5, 5.41) is 6.52. The standard InChI is InChI=1S/C20H33FN4O.HI/c1-14(10-11-20(2,3)4)25-19(23-5)24-13-16(18(22)26)12-15-6-8-17(21)9-7-15;/h6-9,14,16H,10-13H2,1-5H3,(H2,22,26)(H2,23,24,25);1H. The molecule has 0 fully saturated rings. The number of nitrogens with one attached hydrogen (secondary N) is 2. The summed E-state index contributed by atoms with van der Waals surface area (Å²) in [6.45, 7) is 9.15. The maximum Gasteiger partial charge on any atom is 0.222 e. The van der Waals surface area contributed by atoms with Crippen LogP contribution in [-0.2, 0) is 11.2 Å². The molecule has 0 aromatic heterocycles. The molecule has 2 atom stereocenters. The molecule has 27 heavy (non-hydrogen) atoms. The fraction of sp³-hybridized carbons (Fsp3) is 0.600. The topological polar surface area (TPSA) is 79.5 Å². The number of hydrogen-bond donors (Lipinski definition) is 3. The van der Waals surface area contributed by atoms with Gasteiger partial charge in [-0.05, 0) is 49.3 Å². The van der Waals surface area contributed by atoms with Crippen LogP contribution in [0, 0.1) is 17.2 Å². The van der Waals surface area contributed by atoms with Crippen LogP contribution in [0.4, 0.5) is 4.39 Å². The van der Waals surface area contributed by atoms with Crippen molar-refractivity contribution in [3.05, 3.63) is 35.6 Å². The summed E-state index contributed by atoms with van der Waals surface area (Å²) in [5.41, 5.74) is 6.69. The van der Waals surface area contributed by atoms with Crippen molar-refractivity contribution in [1.82, 2.24) is 10.6 Å². The number of halogens is 2. The molecule has 1 aromatic rings. The first-order chi connectivity index (χ1) is 12.1. The highest BCUT2D eigenvalue weighted by Crippen LogP contribution is 2.21. The first-order valence-electron chi connectivity index (χ1n) is 9.11. The van der Waals surface area contributed by atoms with Gasteiger partial charge in [-0.25, -0.2) is 4.39 Å². The summed E-state index contributed by atoms with van der Waals surface area (Å²) in [7, 11) is 1.70. The Morgan fingerprint density at radius 1 is 1.26 bits per heavy atom. The number of nitrogens with two attached hydrogens (primary N) is 1. The molecule has 0 aliphatic rings. The maximum atomic E-state index is 13.0. The molecule has 0 spiro atoms. The number of primary amides is 1. The van der Waals surface area contributed by atoms with E-state index in [-0.39, 0.29) is 35.8 Å². The van der Waals surface area contributed by atoms with Gasteiger partial charge in [0, 0.05) is 19.6 Å². The van der Waals surface area contributed by atoms with Gasteiger partial charge in [0.05, 0.1) is 5.92 Å². The fourth-order valence-electron chi connectivity index (χ4n) is 2.55. The molecule has 7 heteroatoms. The number of nitrogens with zero attached hydrogens (tertiary/aromatic N) is 1. The predicted molar refractivity (Wildman–Crippen MR) is 121 cm³/mol. The fourth-order valence-corrected chi connectivity index (χ4v) is 2.55. The number of carbonyl (C=O) groups is 1. The monoisotopic (exact) mass is 492 g/mol. The Morgan fingerprint density at radius 3 is 2.33 bits per heavy atom. The van der Waals surface area contributed by atoms with Gasteiger partial charge >= 0.3 is 0 Å². The van der Waals surface area contributed by atoms with Crippen LogP contribution in [0.5, 0.6) is 0 Å². The lowest BCUT2D eigenvalue weighted by molar-refractivity contribution is -0.121. The predicted octanol–water partition coefficient (Wildman–Crippen LogP) is 3.47. The number of carbonyl (C=O) groups excluding carboxylic acids is 1. The second-order valence-electron chi connectivity index (χ2n) is 8.03. The average molecular weight is 492 g/mol. The highest BCUT2D eigenvalue weighted by molar-refractivity contribution is 14.0. The molecule has 5 nitrogen and oxygen atoms in total. The van der Waals surface area contributed by atoms with E-state index in [0.717, 1.165) is 18.4 Å². The number of amides is 1. The third-order valence-electron chi connectivity index (χ3n) is 4.25. The van der Waals surface area contributed by atoms with Gasteiger partial charge in [-0.15, -0.1) is 24.0 Å². The Bertz CT molecular complexity index is 599. The van der Waals surface area contributed by atoms with Crippen molar-refractivity contribution in [3.63, 3.8) is 0 Å². The van der Waals surface area contributed by atoms with E-state index in [2.05, 4.69) is 43.3 Å². The van der Waals surface area contributed by atoms with E-state index in [0.29, 0.717) is 24.3 Å². The molecular weight excluding hydrogens is 458 g/mol. The first kappa shape index (κ1) is 25.6. The maximum absolute atomic E-state index is 13.0. The molecule has 1 amide bonds. The van der Waals surface area contributed by atoms with Gasteiger partial charge in [0.2, 0.25) is 5.91 Å². The van der Waals surface area contributed by atoms with Crippen LogP contribution >= 0.6 is 24.0 Å². The minimum atomic E-state index is -0.399. The molecule has 0 saturated heterocycles. The minimum Gasteiger partial charge on any atom is -0.369 e. The number of guanidine groups is 1. The lowest BCUT2D eigenvalue weighted by Gasteiger charge is -2.23. The van der Waals surface area contributed by atoms with Crippen molar-refractivity contribution in [3.8, 4) is 0 Å². The summed E-state index contributed by atoms with van der Waals surface area (Å²) in [6, 6.07) is 6.39. The second-order valence-corrected chi connectivity index (χ2v) is 8.03. The first-order valence-corrected chi connectivity index (χ1v) is 9.11. The lowest BCUT2D eigenvalue weighted by atomic mass is 9.89. The van der Waals surface area contributed by atoms with Gasteiger partial charge in [-0.3, -0.25) is 9.79 Å². The van der Waals surface area contributed by atoms with Crippen molar-refractivity contribution in [2.45, 2.75) is 53.0 Å². The third kappa shape index (κ3) is 11.1. The molecule has 0 aliphatic heterocycles. The van der Waals surface area contributed by atoms with Crippen molar-refractivity contribution < 1.29 is 9.18 Å². The molecule has 0 bridgehead atoms. The van der Waals surface area contributed by atoms with E-state index in [4.69, 9.17) is 5.73 Å². The lowest BCUT2D eigenvalue weighted by Crippen LogP contribution is -2.46. The van der Waals surface area contributed by atoms with Crippen molar-refractivity contribution in [2.24, 2.45) is 22.1 Å². The molecule has 0 aliphatic carbocycles. The highest BCUT2D eigenvalue weighted by atomic mass is 127. The summed E-state index contributed by atoms with van der Waals surface area (Å²) in [5.74, 6) is -0.435. The van der Waals surface area contributed by atoms with Gasteiger partial charge in [-0.2, -0.15) is 0 Å². The van der Waals surface area contributed by atoms with Crippen molar-refractivity contribution in [2.75, 3.05) is 13.6 Å². The molecule has 1 aromatic carbocycles. The van der Waals surface area contributed by atoms with Gasteiger partial charge in [0.15, 0.2) is 5.96 Å². The normalized spacial score (nSPS) is 14.1. The molecule has 2 unspecified atom stereocenters. The Labute approximate surface area is 179 Å². The number of hydrogen-bond acceptors (Lipinski definition) is 2. The Hall–Kier alpha value is -1.38. The second kappa shape index (κ2) is 12.2. The number of rotatable bonds is 8. The van der Waals surface area contributed by atoms with Crippen LogP contribution in [0.3, 0.4) is 0 Å². The molecule has 4 N–H and O–H groups in total. The molecular formula is C20H34FIN4O. The van der Waals surface area contributed by atoms with E-state index >= 15 is 0 Å². The van der Waals surface area contributed by atoms with E-state index in [9.17, 15) is 9.18 Å². The quantitative estimate of drug-likeness (QED) is 0.296. The van der Waals surface area contributed by atoms with E-state index in [1.807, 2.05) is 0 Å².